The van der Waals surface area contributed by atoms with Crippen molar-refractivity contribution in [1.82, 2.24) is 9.78 Å². The molecule has 0 aliphatic carbocycles. The van der Waals surface area contributed by atoms with E-state index in [1.165, 1.54) is 0 Å². The molecule has 1 saturated heterocycles. The lowest BCUT2D eigenvalue weighted by Gasteiger charge is -2.07. The standard InChI is InChI=1S/C11H16N2O3/c1-7(2)13-10(11(14)15)5-9(12-13)8-3-4-16-6-8/h5,7-8H,3-4,6H2,1-2H3,(H,14,15). The zero-order valence-electron chi connectivity index (χ0n) is 9.51. The maximum absolute atomic E-state index is 11.1. The number of aromatic nitrogens is 2. The lowest BCUT2D eigenvalue weighted by molar-refractivity contribution is 0.0681. The molecule has 88 valence electrons. The van der Waals surface area contributed by atoms with Crippen LogP contribution in [0.4, 0.5) is 0 Å². The van der Waals surface area contributed by atoms with Crippen molar-refractivity contribution in [3.8, 4) is 0 Å². The molecule has 0 bridgehead atoms. The summed E-state index contributed by atoms with van der Waals surface area (Å²) in [6, 6.07) is 1.73. The third-order valence-corrected chi connectivity index (χ3v) is 2.81. The molecule has 2 heterocycles. The summed E-state index contributed by atoms with van der Waals surface area (Å²) in [4.78, 5) is 11.1. The molecule has 1 aliphatic rings. The van der Waals surface area contributed by atoms with Gasteiger partial charge in [-0.1, -0.05) is 0 Å². The maximum atomic E-state index is 11.1. The van der Waals surface area contributed by atoms with Gasteiger partial charge in [0.2, 0.25) is 0 Å². The fourth-order valence-electron chi connectivity index (χ4n) is 1.93. The summed E-state index contributed by atoms with van der Waals surface area (Å²) in [7, 11) is 0. The summed E-state index contributed by atoms with van der Waals surface area (Å²) in [6.45, 7) is 5.23. The van der Waals surface area contributed by atoms with E-state index in [2.05, 4.69) is 5.10 Å². The number of rotatable bonds is 3. The van der Waals surface area contributed by atoms with Crippen LogP contribution in [-0.2, 0) is 4.74 Å². The van der Waals surface area contributed by atoms with Crippen LogP contribution in [0.5, 0.6) is 0 Å². The third kappa shape index (κ3) is 1.95. The monoisotopic (exact) mass is 224 g/mol. The maximum Gasteiger partial charge on any atom is 0.354 e. The molecule has 0 saturated carbocycles. The third-order valence-electron chi connectivity index (χ3n) is 2.81. The second-order valence-electron chi connectivity index (χ2n) is 4.36. The Labute approximate surface area is 94.0 Å². The molecular weight excluding hydrogens is 208 g/mol. The van der Waals surface area contributed by atoms with Gasteiger partial charge >= 0.3 is 5.97 Å². The fraction of sp³-hybridized carbons (Fsp3) is 0.636. The van der Waals surface area contributed by atoms with Gasteiger partial charge in [-0.2, -0.15) is 5.10 Å². The van der Waals surface area contributed by atoms with E-state index in [9.17, 15) is 4.79 Å². The fourth-order valence-corrected chi connectivity index (χ4v) is 1.93. The van der Waals surface area contributed by atoms with E-state index >= 15 is 0 Å². The largest absolute Gasteiger partial charge is 0.477 e. The molecule has 16 heavy (non-hydrogen) atoms. The second kappa shape index (κ2) is 4.25. The van der Waals surface area contributed by atoms with Crippen LogP contribution < -0.4 is 0 Å². The van der Waals surface area contributed by atoms with Crippen molar-refractivity contribution in [3.05, 3.63) is 17.5 Å². The molecule has 0 radical (unpaired) electrons. The molecular formula is C11H16N2O3. The van der Waals surface area contributed by atoms with E-state index in [1.54, 1.807) is 10.7 Å². The van der Waals surface area contributed by atoms with Crippen molar-refractivity contribution in [2.45, 2.75) is 32.2 Å². The average Bonchev–Trinajstić information content (AvgIpc) is 2.86. The van der Waals surface area contributed by atoms with Gasteiger partial charge in [0, 0.05) is 18.6 Å². The Morgan fingerprint density at radius 2 is 2.44 bits per heavy atom. The van der Waals surface area contributed by atoms with Gasteiger partial charge in [0.25, 0.3) is 0 Å². The van der Waals surface area contributed by atoms with Crippen LogP contribution in [0.1, 0.15) is 48.4 Å². The molecule has 0 amide bonds. The minimum absolute atomic E-state index is 0.0576. The summed E-state index contributed by atoms with van der Waals surface area (Å²) < 4.78 is 6.85. The highest BCUT2D eigenvalue weighted by Crippen LogP contribution is 2.25. The molecule has 5 heteroatoms. The first kappa shape index (κ1) is 11.1. The highest BCUT2D eigenvalue weighted by molar-refractivity contribution is 5.85. The zero-order chi connectivity index (χ0) is 11.7. The van der Waals surface area contributed by atoms with Crippen LogP contribution in [0, 0.1) is 0 Å². The van der Waals surface area contributed by atoms with Gasteiger partial charge in [0.15, 0.2) is 0 Å². The predicted octanol–water partition coefficient (Wildman–Crippen LogP) is 1.67. The Balaban J connectivity index is 2.34. The zero-order valence-corrected chi connectivity index (χ0v) is 9.51. The number of carboxylic acid groups (broad SMARTS) is 1. The van der Waals surface area contributed by atoms with Crippen molar-refractivity contribution < 1.29 is 14.6 Å². The Morgan fingerprint density at radius 3 is 2.88 bits per heavy atom. The second-order valence-corrected chi connectivity index (χ2v) is 4.36. The molecule has 1 aromatic heterocycles. The SMILES string of the molecule is CC(C)n1nc(C2CCOC2)cc1C(=O)O. The van der Waals surface area contributed by atoms with Gasteiger partial charge in [-0.25, -0.2) is 4.79 Å². The first-order valence-electron chi connectivity index (χ1n) is 5.50. The van der Waals surface area contributed by atoms with Crippen molar-refractivity contribution in [3.63, 3.8) is 0 Å². The molecule has 1 N–H and O–H groups in total. The van der Waals surface area contributed by atoms with Crippen LogP contribution in [0.2, 0.25) is 0 Å². The highest BCUT2D eigenvalue weighted by Gasteiger charge is 2.24. The molecule has 1 aliphatic heterocycles. The number of carboxylic acids is 1. The first-order valence-corrected chi connectivity index (χ1v) is 5.50. The molecule has 2 rings (SSSR count). The molecule has 1 aromatic rings. The normalized spacial score (nSPS) is 20.6. The molecule has 1 fully saturated rings. The highest BCUT2D eigenvalue weighted by atomic mass is 16.5. The van der Waals surface area contributed by atoms with Gasteiger partial charge in [-0.15, -0.1) is 0 Å². The number of hydrogen-bond acceptors (Lipinski definition) is 3. The van der Waals surface area contributed by atoms with E-state index in [0.29, 0.717) is 6.61 Å². The average molecular weight is 224 g/mol. The minimum Gasteiger partial charge on any atom is -0.477 e. The lowest BCUT2D eigenvalue weighted by Crippen LogP contribution is -2.12. The molecule has 5 nitrogen and oxygen atoms in total. The van der Waals surface area contributed by atoms with Crippen molar-refractivity contribution in [1.29, 1.82) is 0 Å². The number of hydrogen-bond donors (Lipinski definition) is 1. The summed E-state index contributed by atoms with van der Waals surface area (Å²) in [5.74, 6) is -0.676. The van der Waals surface area contributed by atoms with Gasteiger partial charge < -0.3 is 9.84 Å². The Kier molecular flexibility index (Phi) is 2.96. The van der Waals surface area contributed by atoms with Crippen LogP contribution in [-0.4, -0.2) is 34.1 Å². The Hall–Kier alpha value is -1.36. The van der Waals surface area contributed by atoms with E-state index < -0.39 is 5.97 Å². The van der Waals surface area contributed by atoms with Crippen LogP contribution in [0.15, 0.2) is 6.07 Å². The molecule has 0 aromatic carbocycles. The predicted molar refractivity (Wildman–Crippen MR) is 57.7 cm³/mol. The van der Waals surface area contributed by atoms with Crippen molar-refractivity contribution in [2.24, 2.45) is 0 Å². The molecule has 1 atom stereocenters. The Morgan fingerprint density at radius 1 is 1.69 bits per heavy atom. The minimum atomic E-state index is -0.925. The first-order chi connectivity index (χ1) is 7.59. The summed E-state index contributed by atoms with van der Waals surface area (Å²) in [5.41, 5.74) is 1.10. The number of nitrogens with zero attached hydrogens (tertiary/aromatic N) is 2. The summed E-state index contributed by atoms with van der Waals surface area (Å²) in [5, 5.41) is 13.4. The summed E-state index contributed by atoms with van der Waals surface area (Å²) >= 11 is 0. The van der Waals surface area contributed by atoms with Crippen LogP contribution in [0.25, 0.3) is 0 Å². The van der Waals surface area contributed by atoms with Crippen molar-refractivity contribution >= 4 is 5.97 Å². The lowest BCUT2D eigenvalue weighted by atomic mass is 10.1. The van der Waals surface area contributed by atoms with E-state index in [0.717, 1.165) is 18.7 Å². The Bertz CT molecular complexity index is 392. The van der Waals surface area contributed by atoms with Crippen molar-refractivity contribution in [2.75, 3.05) is 13.2 Å². The van der Waals surface area contributed by atoms with E-state index in [4.69, 9.17) is 9.84 Å². The number of carbonyl (C=O) groups is 1. The topological polar surface area (TPSA) is 64.4 Å². The smallest absolute Gasteiger partial charge is 0.354 e. The number of ether oxygens (including phenoxy) is 1. The van der Waals surface area contributed by atoms with E-state index in [-0.39, 0.29) is 17.7 Å². The molecule has 0 spiro atoms. The van der Waals surface area contributed by atoms with Crippen LogP contribution in [0.3, 0.4) is 0 Å². The van der Waals surface area contributed by atoms with E-state index in [1.807, 2.05) is 13.8 Å². The number of aromatic carboxylic acids is 1. The molecule has 1 unspecified atom stereocenters. The van der Waals surface area contributed by atoms with Gasteiger partial charge in [-0.3, -0.25) is 4.68 Å². The van der Waals surface area contributed by atoms with Gasteiger partial charge in [-0.05, 0) is 26.3 Å². The quantitative estimate of drug-likeness (QED) is 0.848. The van der Waals surface area contributed by atoms with Gasteiger partial charge in [0.1, 0.15) is 5.69 Å². The van der Waals surface area contributed by atoms with Crippen LogP contribution >= 0.6 is 0 Å². The summed E-state index contributed by atoms with van der Waals surface area (Å²) in [6.07, 6.45) is 0.925. The van der Waals surface area contributed by atoms with Gasteiger partial charge in [0.05, 0.1) is 12.3 Å².